The summed E-state index contributed by atoms with van der Waals surface area (Å²) in [6.45, 7) is 3.56. The quantitative estimate of drug-likeness (QED) is 0.862. The number of benzene rings is 2. The molecule has 2 aliphatic heterocycles. The average molecular weight is 281 g/mol. The highest BCUT2D eigenvalue weighted by molar-refractivity contribution is 5.56. The Morgan fingerprint density at radius 1 is 1.00 bits per heavy atom. The van der Waals surface area contributed by atoms with Gasteiger partial charge < -0.3 is 14.8 Å². The summed E-state index contributed by atoms with van der Waals surface area (Å²) >= 11 is 0. The van der Waals surface area contributed by atoms with Gasteiger partial charge in [-0.3, -0.25) is 0 Å². The molecule has 0 bridgehead atoms. The molecule has 3 heteroatoms. The molecular formula is C18H19NO2. The molecule has 2 heterocycles. The summed E-state index contributed by atoms with van der Waals surface area (Å²) < 4.78 is 11.3. The summed E-state index contributed by atoms with van der Waals surface area (Å²) in [6.07, 6.45) is 1.10. The van der Waals surface area contributed by atoms with E-state index < -0.39 is 0 Å². The topological polar surface area (TPSA) is 30.5 Å². The number of ether oxygens (including phenoxy) is 2. The molecule has 2 atom stereocenters. The summed E-state index contributed by atoms with van der Waals surface area (Å²) in [5.74, 6) is 2.27. The largest absolute Gasteiger partial charge is 0.486 e. The number of rotatable bonds is 1. The van der Waals surface area contributed by atoms with Crippen LogP contribution in [0, 0.1) is 5.92 Å². The minimum atomic E-state index is 0.315. The lowest BCUT2D eigenvalue weighted by Gasteiger charge is -2.33. The Morgan fingerprint density at radius 3 is 2.71 bits per heavy atom. The lowest BCUT2D eigenvalue weighted by Crippen LogP contribution is -2.26. The zero-order chi connectivity index (χ0) is 14.2. The van der Waals surface area contributed by atoms with E-state index in [4.69, 9.17) is 9.47 Å². The maximum absolute atomic E-state index is 5.71. The van der Waals surface area contributed by atoms with Crippen LogP contribution in [0.15, 0.2) is 42.5 Å². The first-order chi connectivity index (χ1) is 10.3. The number of para-hydroxylation sites is 1. The maximum Gasteiger partial charge on any atom is 0.161 e. The first-order valence-electron chi connectivity index (χ1n) is 7.55. The SMILES string of the molecule is CC1Cc2ccccc2NC1c1ccc2c(c1)OCCO2. The zero-order valence-corrected chi connectivity index (χ0v) is 12.1. The molecule has 108 valence electrons. The van der Waals surface area contributed by atoms with Crippen molar-refractivity contribution in [3.8, 4) is 11.5 Å². The standard InChI is InChI=1S/C18H19NO2/c1-12-10-13-4-2-3-5-15(13)19-18(12)14-6-7-16-17(11-14)21-9-8-20-16/h2-7,11-12,18-19H,8-10H2,1H3. The Bertz CT molecular complexity index is 668. The molecule has 2 aliphatic rings. The van der Waals surface area contributed by atoms with Crippen LogP contribution in [-0.2, 0) is 6.42 Å². The van der Waals surface area contributed by atoms with Crippen molar-refractivity contribution in [1.29, 1.82) is 0 Å². The van der Waals surface area contributed by atoms with Gasteiger partial charge in [-0.05, 0) is 41.7 Å². The molecule has 1 N–H and O–H groups in total. The normalized spacial score (nSPS) is 23.1. The van der Waals surface area contributed by atoms with Crippen LogP contribution in [0.4, 0.5) is 5.69 Å². The monoisotopic (exact) mass is 281 g/mol. The highest BCUT2D eigenvalue weighted by Gasteiger charge is 2.27. The highest BCUT2D eigenvalue weighted by Crippen LogP contribution is 2.39. The second-order valence-electron chi connectivity index (χ2n) is 5.86. The molecule has 4 rings (SSSR count). The first-order valence-corrected chi connectivity index (χ1v) is 7.55. The Morgan fingerprint density at radius 2 is 1.81 bits per heavy atom. The van der Waals surface area contributed by atoms with E-state index in [9.17, 15) is 0 Å². The van der Waals surface area contributed by atoms with Crippen molar-refractivity contribution in [2.24, 2.45) is 5.92 Å². The van der Waals surface area contributed by atoms with Crippen molar-refractivity contribution in [2.75, 3.05) is 18.5 Å². The van der Waals surface area contributed by atoms with Gasteiger partial charge in [0.1, 0.15) is 13.2 Å². The van der Waals surface area contributed by atoms with E-state index in [0.717, 1.165) is 17.9 Å². The Balaban J connectivity index is 1.67. The molecule has 21 heavy (non-hydrogen) atoms. The summed E-state index contributed by atoms with van der Waals surface area (Å²) in [5.41, 5.74) is 3.91. The fraction of sp³-hybridized carbons (Fsp3) is 0.333. The molecule has 0 aliphatic carbocycles. The summed E-state index contributed by atoms with van der Waals surface area (Å²) in [4.78, 5) is 0. The summed E-state index contributed by atoms with van der Waals surface area (Å²) in [5, 5.41) is 3.67. The van der Waals surface area contributed by atoms with Gasteiger partial charge in [-0.15, -0.1) is 0 Å². The van der Waals surface area contributed by atoms with Crippen LogP contribution >= 0.6 is 0 Å². The van der Waals surface area contributed by atoms with Gasteiger partial charge in [0.25, 0.3) is 0 Å². The van der Waals surface area contributed by atoms with Crippen LogP contribution in [0.3, 0.4) is 0 Å². The van der Waals surface area contributed by atoms with Gasteiger partial charge in [-0.1, -0.05) is 31.2 Å². The smallest absolute Gasteiger partial charge is 0.161 e. The number of hydrogen-bond donors (Lipinski definition) is 1. The van der Waals surface area contributed by atoms with Gasteiger partial charge >= 0.3 is 0 Å². The second-order valence-corrected chi connectivity index (χ2v) is 5.86. The molecule has 0 saturated carbocycles. The molecule has 3 nitrogen and oxygen atoms in total. The summed E-state index contributed by atoms with van der Waals surface area (Å²) in [6, 6.07) is 15.2. The Hall–Kier alpha value is -2.16. The fourth-order valence-corrected chi connectivity index (χ4v) is 3.28. The maximum atomic E-state index is 5.71. The molecule has 0 radical (unpaired) electrons. The molecule has 0 saturated heterocycles. The van der Waals surface area contributed by atoms with E-state index in [-0.39, 0.29) is 0 Å². The van der Waals surface area contributed by atoms with Gasteiger partial charge in [0.2, 0.25) is 0 Å². The number of anilines is 1. The van der Waals surface area contributed by atoms with E-state index in [1.54, 1.807) is 0 Å². The van der Waals surface area contributed by atoms with E-state index in [1.165, 1.54) is 16.8 Å². The van der Waals surface area contributed by atoms with Crippen LogP contribution in [0.1, 0.15) is 24.1 Å². The number of hydrogen-bond acceptors (Lipinski definition) is 3. The third kappa shape index (κ3) is 2.23. The Kier molecular flexibility index (Phi) is 2.99. The van der Waals surface area contributed by atoms with Crippen molar-refractivity contribution >= 4 is 5.69 Å². The average Bonchev–Trinajstić information content (AvgIpc) is 2.54. The van der Waals surface area contributed by atoms with Crippen LogP contribution in [0.25, 0.3) is 0 Å². The Labute approximate surface area is 124 Å². The number of fused-ring (bicyclic) bond motifs is 2. The minimum Gasteiger partial charge on any atom is -0.486 e. The van der Waals surface area contributed by atoms with Crippen LogP contribution in [0.5, 0.6) is 11.5 Å². The number of nitrogens with one attached hydrogen (secondary N) is 1. The van der Waals surface area contributed by atoms with Gasteiger partial charge in [0.05, 0.1) is 6.04 Å². The van der Waals surface area contributed by atoms with Gasteiger partial charge in [-0.2, -0.15) is 0 Å². The van der Waals surface area contributed by atoms with Crippen LogP contribution < -0.4 is 14.8 Å². The molecule has 2 aromatic rings. The molecular weight excluding hydrogens is 262 g/mol. The fourth-order valence-electron chi connectivity index (χ4n) is 3.28. The molecule has 0 amide bonds. The van der Waals surface area contributed by atoms with Crippen molar-refractivity contribution in [3.63, 3.8) is 0 Å². The predicted molar refractivity (Wildman–Crippen MR) is 83.1 cm³/mol. The molecule has 0 aromatic heterocycles. The molecule has 2 aromatic carbocycles. The van der Waals surface area contributed by atoms with Crippen molar-refractivity contribution in [1.82, 2.24) is 0 Å². The van der Waals surface area contributed by atoms with E-state index in [0.29, 0.717) is 25.2 Å². The highest BCUT2D eigenvalue weighted by atomic mass is 16.6. The first kappa shape index (κ1) is 12.6. The van der Waals surface area contributed by atoms with Crippen LogP contribution in [0.2, 0.25) is 0 Å². The van der Waals surface area contributed by atoms with Gasteiger partial charge in [0.15, 0.2) is 11.5 Å². The van der Waals surface area contributed by atoms with Gasteiger partial charge in [0, 0.05) is 5.69 Å². The zero-order valence-electron chi connectivity index (χ0n) is 12.1. The lowest BCUT2D eigenvalue weighted by molar-refractivity contribution is 0.171. The van der Waals surface area contributed by atoms with Gasteiger partial charge in [-0.25, -0.2) is 0 Å². The van der Waals surface area contributed by atoms with Crippen molar-refractivity contribution in [2.45, 2.75) is 19.4 Å². The third-order valence-corrected chi connectivity index (χ3v) is 4.36. The van der Waals surface area contributed by atoms with Crippen molar-refractivity contribution < 1.29 is 9.47 Å². The molecule has 0 fully saturated rings. The third-order valence-electron chi connectivity index (χ3n) is 4.36. The summed E-state index contributed by atoms with van der Waals surface area (Å²) in [7, 11) is 0. The molecule has 0 spiro atoms. The van der Waals surface area contributed by atoms with Crippen LogP contribution in [-0.4, -0.2) is 13.2 Å². The van der Waals surface area contributed by atoms with Crippen molar-refractivity contribution in [3.05, 3.63) is 53.6 Å². The minimum absolute atomic E-state index is 0.315. The second kappa shape index (κ2) is 4.99. The lowest BCUT2D eigenvalue weighted by atomic mass is 9.85. The van der Waals surface area contributed by atoms with E-state index in [2.05, 4.69) is 48.6 Å². The predicted octanol–water partition coefficient (Wildman–Crippen LogP) is 3.80. The van der Waals surface area contributed by atoms with E-state index in [1.807, 2.05) is 6.07 Å². The molecule has 2 unspecified atom stereocenters. The van der Waals surface area contributed by atoms with E-state index >= 15 is 0 Å².